The van der Waals surface area contributed by atoms with Gasteiger partial charge in [0.25, 0.3) is 0 Å². The van der Waals surface area contributed by atoms with Crippen LogP contribution in [-0.4, -0.2) is 17.6 Å². The van der Waals surface area contributed by atoms with Gasteiger partial charge in [0.05, 0.1) is 0 Å². The lowest BCUT2D eigenvalue weighted by Crippen LogP contribution is -2.44. The predicted molar refractivity (Wildman–Crippen MR) is 49.0 cm³/mol. The maximum absolute atomic E-state index is 11.4. The summed E-state index contributed by atoms with van der Waals surface area (Å²) in [6, 6.07) is 0. The molecule has 0 saturated heterocycles. The monoisotopic (exact) mass is 183 g/mol. The molecule has 2 aliphatic rings. The molecule has 3 heteroatoms. The minimum Gasteiger partial charge on any atom is -0.461 e. The van der Waals surface area contributed by atoms with Gasteiger partial charge in [0, 0.05) is 0 Å². The molecule has 74 valence electrons. The Hall–Kier alpha value is -0.570. The molecule has 2 N–H and O–H groups in total. The molecule has 2 rings (SSSR count). The first-order valence-electron chi connectivity index (χ1n) is 4.97. The van der Waals surface area contributed by atoms with E-state index >= 15 is 0 Å². The normalized spacial score (nSPS) is 37.0. The third kappa shape index (κ3) is 1.85. The molecular formula is C10H17NO2. The van der Waals surface area contributed by atoms with Crippen molar-refractivity contribution in [2.45, 2.75) is 44.8 Å². The van der Waals surface area contributed by atoms with Crippen LogP contribution in [0.1, 0.15) is 33.1 Å². The standard InChI is InChI=1S/C10H17NO2/c1-10(2,11)9(12)13-8-4-6-3-7(6)5-8/h6-8H,3-5,11H2,1-2H3. The van der Waals surface area contributed by atoms with Gasteiger partial charge in [-0.1, -0.05) is 0 Å². The molecule has 0 aromatic rings. The van der Waals surface area contributed by atoms with Crippen LogP contribution in [0.3, 0.4) is 0 Å². The fourth-order valence-corrected chi connectivity index (χ4v) is 2.06. The summed E-state index contributed by atoms with van der Waals surface area (Å²) in [6.45, 7) is 3.37. The van der Waals surface area contributed by atoms with Crippen LogP contribution in [0.5, 0.6) is 0 Å². The maximum atomic E-state index is 11.4. The van der Waals surface area contributed by atoms with E-state index in [1.165, 1.54) is 6.42 Å². The van der Waals surface area contributed by atoms with Crippen LogP contribution >= 0.6 is 0 Å². The second-order valence-electron chi connectivity index (χ2n) is 4.98. The third-order valence-corrected chi connectivity index (χ3v) is 3.00. The minimum absolute atomic E-state index is 0.152. The second kappa shape index (κ2) is 2.71. The highest BCUT2D eigenvalue weighted by Crippen LogP contribution is 2.52. The van der Waals surface area contributed by atoms with Crippen molar-refractivity contribution in [2.24, 2.45) is 17.6 Å². The van der Waals surface area contributed by atoms with Crippen LogP contribution < -0.4 is 5.73 Å². The summed E-state index contributed by atoms with van der Waals surface area (Å²) >= 11 is 0. The van der Waals surface area contributed by atoms with Gasteiger partial charge in [0.15, 0.2) is 0 Å². The molecule has 0 heterocycles. The lowest BCUT2D eigenvalue weighted by atomic mass is 10.1. The largest absolute Gasteiger partial charge is 0.461 e. The summed E-state index contributed by atoms with van der Waals surface area (Å²) in [7, 11) is 0. The van der Waals surface area contributed by atoms with E-state index in [0.717, 1.165) is 24.7 Å². The summed E-state index contributed by atoms with van der Waals surface area (Å²) in [5, 5.41) is 0. The molecule has 0 spiro atoms. The number of rotatable bonds is 2. The molecule has 0 aliphatic heterocycles. The highest BCUT2D eigenvalue weighted by Gasteiger charge is 2.47. The van der Waals surface area contributed by atoms with Crippen molar-refractivity contribution in [3.8, 4) is 0 Å². The molecule has 0 bridgehead atoms. The summed E-state index contributed by atoms with van der Waals surface area (Å²) in [5.41, 5.74) is 4.79. The lowest BCUT2D eigenvalue weighted by molar-refractivity contribution is -0.154. The van der Waals surface area contributed by atoms with E-state index in [1.54, 1.807) is 13.8 Å². The summed E-state index contributed by atoms with van der Waals surface area (Å²) in [6.07, 6.45) is 3.62. The highest BCUT2D eigenvalue weighted by atomic mass is 16.5. The number of fused-ring (bicyclic) bond motifs is 1. The Morgan fingerprint density at radius 1 is 1.31 bits per heavy atom. The van der Waals surface area contributed by atoms with Crippen LogP contribution in [0, 0.1) is 11.8 Å². The number of esters is 1. The molecule has 2 unspecified atom stereocenters. The Kier molecular flexibility index (Phi) is 1.88. The average molecular weight is 183 g/mol. The summed E-state index contributed by atoms with van der Waals surface area (Å²) in [5.74, 6) is 1.43. The number of carbonyl (C=O) groups is 1. The van der Waals surface area contributed by atoms with Crippen LogP contribution in [0.15, 0.2) is 0 Å². The molecular weight excluding hydrogens is 166 g/mol. The molecule has 2 aliphatic carbocycles. The van der Waals surface area contributed by atoms with Crippen molar-refractivity contribution in [2.75, 3.05) is 0 Å². The van der Waals surface area contributed by atoms with Crippen LogP contribution in [0.2, 0.25) is 0 Å². The van der Waals surface area contributed by atoms with Gasteiger partial charge < -0.3 is 10.5 Å². The molecule has 0 radical (unpaired) electrons. The van der Waals surface area contributed by atoms with Crippen molar-refractivity contribution in [3.05, 3.63) is 0 Å². The van der Waals surface area contributed by atoms with E-state index in [2.05, 4.69) is 0 Å². The molecule has 0 aromatic heterocycles. The van der Waals surface area contributed by atoms with Crippen LogP contribution in [0.25, 0.3) is 0 Å². The maximum Gasteiger partial charge on any atom is 0.325 e. The van der Waals surface area contributed by atoms with Gasteiger partial charge in [-0.25, -0.2) is 0 Å². The molecule has 13 heavy (non-hydrogen) atoms. The molecule has 0 amide bonds. The Bertz CT molecular complexity index is 222. The summed E-state index contributed by atoms with van der Waals surface area (Å²) < 4.78 is 5.31. The lowest BCUT2D eigenvalue weighted by Gasteiger charge is -2.21. The number of nitrogens with two attached hydrogens (primary N) is 1. The van der Waals surface area contributed by atoms with Crippen molar-refractivity contribution in [1.29, 1.82) is 0 Å². The first-order valence-corrected chi connectivity index (χ1v) is 4.97. The van der Waals surface area contributed by atoms with Crippen molar-refractivity contribution < 1.29 is 9.53 Å². The molecule has 3 nitrogen and oxygen atoms in total. The SMILES string of the molecule is CC(C)(N)C(=O)OC1CC2CC2C1. The van der Waals surface area contributed by atoms with Crippen LogP contribution in [0.4, 0.5) is 0 Å². The van der Waals surface area contributed by atoms with Gasteiger partial charge >= 0.3 is 5.97 Å². The van der Waals surface area contributed by atoms with Gasteiger partial charge in [-0.15, -0.1) is 0 Å². The zero-order chi connectivity index (χ0) is 9.64. The minimum atomic E-state index is -0.840. The molecule has 2 saturated carbocycles. The Morgan fingerprint density at radius 3 is 2.31 bits per heavy atom. The Morgan fingerprint density at radius 2 is 1.85 bits per heavy atom. The van der Waals surface area contributed by atoms with E-state index in [-0.39, 0.29) is 12.1 Å². The number of hydrogen-bond donors (Lipinski definition) is 1. The fraction of sp³-hybridized carbons (Fsp3) is 0.900. The predicted octanol–water partition coefficient (Wildman–Crippen LogP) is 1.07. The smallest absolute Gasteiger partial charge is 0.325 e. The third-order valence-electron chi connectivity index (χ3n) is 3.00. The average Bonchev–Trinajstić information content (AvgIpc) is 2.57. The van der Waals surface area contributed by atoms with E-state index in [9.17, 15) is 4.79 Å². The first-order chi connectivity index (χ1) is 5.97. The van der Waals surface area contributed by atoms with Gasteiger partial charge in [0.1, 0.15) is 11.6 Å². The summed E-state index contributed by atoms with van der Waals surface area (Å²) in [4.78, 5) is 11.4. The van der Waals surface area contributed by atoms with Crippen LogP contribution in [-0.2, 0) is 9.53 Å². The first kappa shape index (κ1) is 9.00. The van der Waals surface area contributed by atoms with Gasteiger partial charge in [-0.3, -0.25) is 4.79 Å². The van der Waals surface area contributed by atoms with Gasteiger partial charge in [-0.05, 0) is 44.9 Å². The Balaban J connectivity index is 1.81. The van der Waals surface area contributed by atoms with Crippen molar-refractivity contribution >= 4 is 5.97 Å². The quantitative estimate of drug-likeness (QED) is 0.651. The van der Waals surface area contributed by atoms with Gasteiger partial charge in [-0.2, -0.15) is 0 Å². The van der Waals surface area contributed by atoms with Crippen molar-refractivity contribution in [1.82, 2.24) is 0 Å². The fourth-order valence-electron chi connectivity index (χ4n) is 2.06. The molecule has 2 atom stereocenters. The van der Waals surface area contributed by atoms with E-state index in [0.29, 0.717) is 0 Å². The van der Waals surface area contributed by atoms with Gasteiger partial charge in [0.2, 0.25) is 0 Å². The zero-order valence-corrected chi connectivity index (χ0v) is 8.25. The van der Waals surface area contributed by atoms with Crippen molar-refractivity contribution in [3.63, 3.8) is 0 Å². The van der Waals surface area contributed by atoms with E-state index in [1.807, 2.05) is 0 Å². The zero-order valence-electron chi connectivity index (χ0n) is 8.25. The second-order valence-corrected chi connectivity index (χ2v) is 4.98. The van der Waals surface area contributed by atoms with E-state index in [4.69, 9.17) is 10.5 Å². The number of hydrogen-bond acceptors (Lipinski definition) is 3. The topological polar surface area (TPSA) is 52.3 Å². The molecule has 2 fully saturated rings. The molecule has 0 aromatic carbocycles. The highest BCUT2D eigenvalue weighted by molar-refractivity contribution is 5.79. The number of carbonyl (C=O) groups excluding carboxylic acids is 1. The van der Waals surface area contributed by atoms with E-state index < -0.39 is 5.54 Å². The number of ether oxygens (including phenoxy) is 1. The Labute approximate surface area is 78.6 Å².